The zero-order chi connectivity index (χ0) is 13.1. The topological polar surface area (TPSA) is 12.0 Å². The first-order chi connectivity index (χ1) is 8.58. The molecule has 1 N–H and O–H groups in total. The number of halogens is 1. The van der Waals surface area contributed by atoms with Gasteiger partial charge >= 0.3 is 0 Å². The minimum atomic E-state index is 0.375. The maximum atomic E-state index is 3.63. The van der Waals surface area contributed by atoms with Gasteiger partial charge in [-0.25, -0.2) is 0 Å². The highest BCUT2D eigenvalue weighted by atomic mass is 79.9. The van der Waals surface area contributed by atoms with Crippen LogP contribution < -0.4 is 5.32 Å². The summed E-state index contributed by atoms with van der Waals surface area (Å²) in [6.07, 6.45) is 0. The summed E-state index contributed by atoms with van der Waals surface area (Å²) in [5.74, 6) is 0.559. The molecule has 0 saturated carbocycles. The highest BCUT2D eigenvalue weighted by molar-refractivity contribution is 9.10. The predicted molar refractivity (Wildman–Crippen MR) is 84.4 cm³/mol. The van der Waals surface area contributed by atoms with E-state index in [0.717, 1.165) is 4.47 Å². The van der Waals surface area contributed by atoms with Crippen LogP contribution in [-0.2, 0) is 0 Å². The van der Waals surface area contributed by atoms with Gasteiger partial charge in [-0.15, -0.1) is 11.3 Å². The Hall–Kier alpha value is -0.800. The Morgan fingerprint density at radius 3 is 2.56 bits per heavy atom. The number of hydrogen-bond donors (Lipinski definition) is 1. The maximum absolute atomic E-state index is 3.63. The van der Waals surface area contributed by atoms with E-state index in [4.69, 9.17) is 0 Å². The number of anilines is 1. The van der Waals surface area contributed by atoms with Gasteiger partial charge < -0.3 is 5.32 Å². The summed E-state index contributed by atoms with van der Waals surface area (Å²) in [7, 11) is 0. The molecule has 0 bridgehead atoms. The van der Waals surface area contributed by atoms with Crippen LogP contribution in [0.5, 0.6) is 0 Å². The molecule has 1 aromatic heterocycles. The zero-order valence-corrected chi connectivity index (χ0v) is 13.3. The lowest BCUT2D eigenvalue weighted by Gasteiger charge is -2.22. The van der Waals surface area contributed by atoms with E-state index in [1.165, 1.54) is 16.1 Å². The Balaban J connectivity index is 2.21. The first-order valence-electron chi connectivity index (χ1n) is 6.14. The van der Waals surface area contributed by atoms with Crippen molar-refractivity contribution < 1.29 is 0 Å². The summed E-state index contributed by atoms with van der Waals surface area (Å²) >= 11 is 5.40. The van der Waals surface area contributed by atoms with E-state index >= 15 is 0 Å². The van der Waals surface area contributed by atoms with Gasteiger partial charge in [0, 0.05) is 15.0 Å². The fraction of sp³-hybridized carbons (Fsp3) is 0.333. The van der Waals surface area contributed by atoms with Crippen LogP contribution in [0.3, 0.4) is 0 Å². The molecule has 96 valence electrons. The quantitative estimate of drug-likeness (QED) is 0.769. The van der Waals surface area contributed by atoms with E-state index in [1.807, 2.05) is 11.3 Å². The van der Waals surface area contributed by atoms with Crippen molar-refractivity contribution in [3.8, 4) is 0 Å². The SMILES string of the molecule is Cc1ccc(NC(c2cccs2)C(C)C)cc1Br. The van der Waals surface area contributed by atoms with Gasteiger partial charge in [0.1, 0.15) is 0 Å². The molecule has 1 aromatic carbocycles. The lowest BCUT2D eigenvalue weighted by molar-refractivity contribution is 0.554. The molecule has 0 aliphatic rings. The molecule has 0 fully saturated rings. The van der Waals surface area contributed by atoms with Crippen molar-refractivity contribution in [2.45, 2.75) is 26.8 Å². The summed E-state index contributed by atoms with van der Waals surface area (Å²) in [5.41, 5.74) is 2.43. The first-order valence-corrected chi connectivity index (χ1v) is 7.81. The van der Waals surface area contributed by atoms with Crippen LogP contribution in [-0.4, -0.2) is 0 Å². The highest BCUT2D eigenvalue weighted by Crippen LogP contribution is 2.31. The van der Waals surface area contributed by atoms with Crippen LogP contribution in [0.25, 0.3) is 0 Å². The minimum absolute atomic E-state index is 0.375. The molecule has 0 aliphatic heterocycles. The molecule has 18 heavy (non-hydrogen) atoms. The van der Waals surface area contributed by atoms with Gasteiger partial charge in [-0.3, -0.25) is 0 Å². The summed E-state index contributed by atoms with van der Waals surface area (Å²) in [5, 5.41) is 5.77. The van der Waals surface area contributed by atoms with E-state index in [9.17, 15) is 0 Å². The summed E-state index contributed by atoms with van der Waals surface area (Å²) < 4.78 is 1.15. The third-order valence-corrected chi connectivity index (χ3v) is 4.82. The Morgan fingerprint density at radius 2 is 2.00 bits per heavy atom. The van der Waals surface area contributed by atoms with Crippen LogP contribution in [0, 0.1) is 12.8 Å². The van der Waals surface area contributed by atoms with Crippen LogP contribution in [0.15, 0.2) is 40.2 Å². The molecule has 1 heterocycles. The van der Waals surface area contributed by atoms with E-state index in [2.05, 4.69) is 77.7 Å². The van der Waals surface area contributed by atoms with E-state index in [0.29, 0.717) is 12.0 Å². The third-order valence-electron chi connectivity index (χ3n) is 3.01. The maximum Gasteiger partial charge on any atom is 0.0629 e. The number of aryl methyl sites for hydroxylation is 1. The molecule has 0 aliphatic carbocycles. The van der Waals surface area contributed by atoms with Crippen LogP contribution >= 0.6 is 27.3 Å². The van der Waals surface area contributed by atoms with Crippen LogP contribution in [0.2, 0.25) is 0 Å². The normalized spacial score (nSPS) is 12.7. The number of hydrogen-bond acceptors (Lipinski definition) is 2. The van der Waals surface area contributed by atoms with E-state index in [-0.39, 0.29) is 0 Å². The second-order valence-corrected chi connectivity index (χ2v) is 6.68. The standard InChI is InChI=1S/C15H18BrNS/c1-10(2)15(14-5-4-8-18-14)17-12-7-6-11(3)13(16)9-12/h4-10,15,17H,1-3H3. The number of nitrogens with one attached hydrogen (secondary N) is 1. The van der Waals surface area contributed by atoms with Gasteiger partial charge in [-0.1, -0.05) is 41.9 Å². The van der Waals surface area contributed by atoms with Crippen molar-refractivity contribution in [2.75, 3.05) is 5.32 Å². The van der Waals surface area contributed by atoms with Gasteiger partial charge in [0.05, 0.1) is 6.04 Å². The van der Waals surface area contributed by atoms with E-state index < -0.39 is 0 Å². The molecule has 3 heteroatoms. The second-order valence-electron chi connectivity index (χ2n) is 4.85. The Bertz CT molecular complexity index is 505. The lowest BCUT2D eigenvalue weighted by atomic mass is 10.0. The predicted octanol–water partition coefficient (Wildman–Crippen LogP) is 5.63. The lowest BCUT2D eigenvalue weighted by Crippen LogP contribution is -2.15. The van der Waals surface area contributed by atoms with Gasteiger partial charge in [0.15, 0.2) is 0 Å². The van der Waals surface area contributed by atoms with Gasteiger partial charge in [0.25, 0.3) is 0 Å². The van der Waals surface area contributed by atoms with Crippen LogP contribution in [0.1, 0.15) is 30.3 Å². The Kier molecular flexibility index (Phi) is 4.46. The Labute approximate surface area is 121 Å². The second kappa shape index (κ2) is 5.89. The number of thiophene rings is 1. The Morgan fingerprint density at radius 1 is 1.22 bits per heavy atom. The van der Waals surface area contributed by atoms with Crippen molar-refractivity contribution in [1.82, 2.24) is 0 Å². The van der Waals surface area contributed by atoms with Crippen molar-refractivity contribution in [1.29, 1.82) is 0 Å². The summed E-state index contributed by atoms with van der Waals surface area (Å²) in [4.78, 5) is 1.39. The van der Waals surface area contributed by atoms with E-state index in [1.54, 1.807) is 0 Å². The average molecular weight is 324 g/mol. The average Bonchev–Trinajstić information content (AvgIpc) is 2.83. The molecule has 1 unspecified atom stereocenters. The molecule has 0 amide bonds. The molecular weight excluding hydrogens is 306 g/mol. The molecule has 0 radical (unpaired) electrons. The summed E-state index contributed by atoms with van der Waals surface area (Å²) in [6, 6.07) is 11.1. The van der Waals surface area contributed by atoms with Gasteiger partial charge in [-0.2, -0.15) is 0 Å². The van der Waals surface area contributed by atoms with Crippen LogP contribution in [0.4, 0.5) is 5.69 Å². The molecule has 0 saturated heterocycles. The van der Waals surface area contributed by atoms with Crippen molar-refractivity contribution in [3.05, 3.63) is 50.6 Å². The number of rotatable bonds is 4. The molecule has 1 atom stereocenters. The molecule has 2 rings (SSSR count). The van der Waals surface area contributed by atoms with Crippen molar-refractivity contribution >= 4 is 33.0 Å². The third kappa shape index (κ3) is 3.15. The first kappa shape index (κ1) is 13.6. The van der Waals surface area contributed by atoms with Crippen molar-refractivity contribution in [3.63, 3.8) is 0 Å². The monoisotopic (exact) mass is 323 g/mol. The van der Waals surface area contributed by atoms with Gasteiger partial charge in [0.2, 0.25) is 0 Å². The molecule has 0 spiro atoms. The van der Waals surface area contributed by atoms with Crippen molar-refractivity contribution in [2.24, 2.45) is 5.92 Å². The zero-order valence-electron chi connectivity index (χ0n) is 10.9. The minimum Gasteiger partial charge on any atom is -0.377 e. The fourth-order valence-electron chi connectivity index (χ4n) is 1.90. The molecule has 2 aromatic rings. The summed E-state index contributed by atoms with van der Waals surface area (Å²) in [6.45, 7) is 6.61. The smallest absolute Gasteiger partial charge is 0.0629 e. The fourth-order valence-corrected chi connectivity index (χ4v) is 3.22. The van der Waals surface area contributed by atoms with Gasteiger partial charge in [-0.05, 0) is 42.0 Å². The molecular formula is C15H18BrNS. The highest BCUT2D eigenvalue weighted by Gasteiger charge is 2.16. The number of benzene rings is 1. The molecule has 1 nitrogen and oxygen atoms in total. The largest absolute Gasteiger partial charge is 0.377 e.